The number of nitrogens with zero attached hydrogens (tertiary/aromatic N) is 1. The minimum atomic E-state index is -4.68. The first-order chi connectivity index (χ1) is 13.5. The van der Waals surface area contributed by atoms with Crippen molar-refractivity contribution in [3.05, 3.63) is 90.0 Å². The van der Waals surface area contributed by atoms with E-state index < -0.39 is 6.36 Å². The second-order valence-electron chi connectivity index (χ2n) is 6.70. The second kappa shape index (κ2) is 7.46. The Morgan fingerprint density at radius 3 is 2.29 bits per heavy atom. The van der Waals surface area contributed by atoms with Gasteiger partial charge in [0.05, 0.1) is 17.4 Å². The molecule has 0 aliphatic carbocycles. The number of hydrogen-bond donors (Lipinski definition) is 1. The molecule has 6 heteroatoms. The number of alkyl halides is 3. The number of hydrogen-bond acceptors (Lipinski definition) is 3. The number of ether oxygens (including phenoxy) is 1. The topological polar surface area (TPSA) is 24.5 Å². The molecule has 28 heavy (non-hydrogen) atoms. The lowest BCUT2D eigenvalue weighted by molar-refractivity contribution is -0.274. The number of halogens is 3. The van der Waals surface area contributed by atoms with E-state index >= 15 is 0 Å². The maximum absolute atomic E-state index is 12.3. The van der Waals surface area contributed by atoms with Gasteiger partial charge in [-0.05, 0) is 35.4 Å². The number of nitrogens with one attached hydrogen (secondary N) is 1. The third-order valence-corrected chi connectivity index (χ3v) is 4.71. The monoisotopic (exact) mass is 384 g/mol. The van der Waals surface area contributed by atoms with Gasteiger partial charge >= 0.3 is 6.36 Å². The summed E-state index contributed by atoms with van der Waals surface area (Å²) in [5, 5.41) is 3.58. The average Bonchev–Trinajstić information content (AvgIpc) is 2.69. The lowest BCUT2D eigenvalue weighted by Gasteiger charge is -2.37. The highest BCUT2D eigenvalue weighted by molar-refractivity contribution is 5.73. The van der Waals surface area contributed by atoms with Crippen LogP contribution in [-0.4, -0.2) is 12.9 Å². The molecule has 3 aromatic carbocycles. The van der Waals surface area contributed by atoms with Crippen LogP contribution >= 0.6 is 0 Å². The number of benzene rings is 3. The first-order valence-corrected chi connectivity index (χ1v) is 8.98. The number of rotatable bonds is 4. The van der Waals surface area contributed by atoms with E-state index in [1.54, 1.807) is 12.1 Å². The van der Waals surface area contributed by atoms with Gasteiger partial charge in [-0.15, -0.1) is 13.2 Å². The molecule has 0 amide bonds. The Bertz CT molecular complexity index is 927. The van der Waals surface area contributed by atoms with Gasteiger partial charge < -0.3 is 15.0 Å². The van der Waals surface area contributed by atoms with Crippen LogP contribution in [-0.2, 0) is 6.54 Å². The molecule has 0 spiro atoms. The van der Waals surface area contributed by atoms with Crippen LogP contribution in [0.25, 0.3) is 0 Å². The molecule has 0 bridgehead atoms. The summed E-state index contributed by atoms with van der Waals surface area (Å²) in [7, 11) is 0. The summed E-state index contributed by atoms with van der Waals surface area (Å²) in [6.45, 7) is 1.34. The molecule has 0 radical (unpaired) electrons. The van der Waals surface area contributed by atoms with Gasteiger partial charge in [0.15, 0.2) is 0 Å². The van der Waals surface area contributed by atoms with Gasteiger partial charge in [-0.25, -0.2) is 0 Å². The smallest absolute Gasteiger partial charge is 0.406 e. The van der Waals surface area contributed by atoms with Gasteiger partial charge in [0.1, 0.15) is 5.75 Å². The van der Waals surface area contributed by atoms with Crippen molar-refractivity contribution in [1.29, 1.82) is 0 Å². The third-order valence-electron chi connectivity index (χ3n) is 4.71. The number of para-hydroxylation sites is 2. The summed E-state index contributed by atoms with van der Waals surface area (Å²) in [5.74, 6) is -0.209. The summed E-state index contributed by atoms with van der Waals surface area (Å²) in [4.78, 5) is 2.24. The molecule has 3 aromatic rings. The summed E-state index contributed by atoms with van der Waals surface area (Å²) in [6, 6.07) is 24.4. The van der Waals surface area contributed by atoms with Crippen LogP contribution in [0.4, 0.5) is 24.5 Å². The summed E-state index contributed by atoms with van der Waals surface area (Å²) in [5.41, 5.74) is 4.22. The molecule has 0 saturated heterocycles. The van der Waals surface area contributed by atoms with Crippen LogP contribution in [0.15, 0.2) is 78.9 Å². The lowest BCUT2D eigenvalue weighted by atomic mass is 10.0. The molecule has 1 N–H and O–H groups in total. The molecule has 0 saturated carbocycles. The predicted octanol–water partition coefficient (Wildman–Crippen LogP) is 5.76. The van der Waals surface area contributed by atoms with E-state index in [-0.39, 0.29) is 11.8 Å². The zero-order valence-corrected chi connectivity index (χ0v) is 15.0. The van der Waals surface area contributed by atoms with E-state index in [1.165, 1.54) is 17.7 Å². The van der Waals surface area contributed by atoms with E-state index in [0.29, 0.717) is 6.54 Å². The molecule has 1 atom stereocenters. The molecular formula is C22H19F3N2O. The Balaban J connectivity index is 1.56. The van der Waals surface area contributed by atoms with Crippen molar-refractivity contribution in [2.75, 3.05) is 16.8 Å². The van der Waals surface area contributed by atoms with Gasteiger partial charge in [-0.1, -0.05) is 54.6 Å². The fourth-order valence-corrected chi connectivity index (χ4v) is 3.46. The zero-order chi connectivity index (χ0) is 19.6. The van der Waals surface area contributed by atoms with Crippen molar-refractivity contribution in [3.8, 4) is 5.75 Å². The van der Waals surface area contributed by atoms with Crippen LogP contribution in [0.2, 0.25) is 0 Å². The normalized spacial score (nSPS) is 16.2. The Morgan fingerprint density at radius 2 is 1.57 bits per heavy atom. The molecule has 0 aromatic heterocycles. The van der Waals surface area contributed by atoms with Crippen LogP contribution < -0.4 is 15.0 Å². The predicted molar refractivity (Wildman–Crippen MR) is 103 cm³/mol. The molecule has 4 rings (SSSR count). The van der Waals surface area contributed by atoms with E-state index in [4.69, 9.17) is 0 Å². The SMILES string of the molecule is FC(F)(F)Oc1ccc(CN2CC(c3ccccc3)Nc3ccccc32)cc1. The average molecular weight is 384 g/mol. The maximum atomic E-state index is 12.3. The number of anilines is 2. The van der Waals surface area contributed by atoms with E-state index in [2.05, 4.69) is 27.1 Å². The highest BCUT2D eigenvalue weighted by atomic mass is 19.4. The molecule has 1 unspecified atom stereocenters. The third kappa shape index (κ3) is 4.22. The Hall–Kier alpha value is -3.15. The van der Waals surface area contributed by atoms with Crippen molar-refractivity contribution in [2.45, 2.75) is 18.9 Å². The highest BCUT2D eigenvalue weighted by Gasteiger charge is 2.31. The zero-order valence-electron chi connectivity index (χ0n) is 15.0. The fourth-order valence-electron chi connectivity index (χ4n) is 3.46. The largest absolute Gasteiger partial charge is 0.573 e. The summed E-state index contributed by atoms with van der Waals surface area (Å²) >= 11 is 0. The van der Waals surface area contributed by atoms with Gasteiger partial charge in [0.25, 0.3) is 0 Å². The summed E-state index contributed by atoms with van der Waals surface area (Å²) in [6.07, 6.45) is -4.68. The molecule has 1 aliphatic rings. The van der Waals surface area contributed by atoms with Gasteiger partial charge in [0.2, 0.25) is 0 Å². The Labute approximate surface area is 161 Å². The van der Waals surface area contributed by atoms with Crippen molar-refractivity contribution in [2.24, 2.45) is 0 Å². The highest BCUT2D eigenvalue weighted by Crippen LogP contribution is 2.36. The van der Waals surface area contributed by atoms with Crippen molar-refractivity contribution >= 4 is 11.4 Å². The van der Waals surface area contributed by atoms with Crippen LogP contribution in [0.5, 0.6) is 5.75 Å². The molecule has 1 aliphatic heterocycles. The van der Waals surface area contributed by atoms with Gasteiger partial charge in [-0.3, -0.25) is 0 Å². The van der Waals surface area contributed by atoms with Gasteiger partial charge in [-0.2, -0.15) is 0 Å². The van der Waals surface area contributed by atoms with E-state index in [9.17, 15) is 13.2 Å². The Kier molecular flexibility index (Phi) is 4.86. The second-order valence-corrected chi connectivity index (χ2v) is 6.70. The number of fused-ring (bicyclic) bond motifs is 1. The lowest BCUT2D eigenvalue weighted by Crippen LogP contribution is -2.36. The minimum absolute atomic E-state index is 0.129. The first kappa shape index (κ1) is 18.2. The van der Waals surface area contributed by atoms with E-state index in [0.717, 1.165) is 23.5 Å². The fraction of sp³-hybridized carbons (Fsp3) is 0.182. The quantitative estimate of drug-likeness (QED) is 0.619. The summed E-state index contributed by atoms with van der Waals surface area (Å²) < 4.78 is 41.0. The Morgan fingerprint density at radius 1 is 0.893 bits per heavy atom. The maximum Gasteiger partial charge on any atom is 0.573 e. The minimum Gasteiger partial charge on any atom is -0.406 e. The first-order valence-electron chi connectivity index (χ1n) is 8.98. The van der Waals surface area contributed by atoms with E-state index in [1.807, 2.05) is 42.5 Å². The molecule has 3 nitrogen and oxygen atoms in total. The van der Waals surface area contributed by atoms with Gasteiger partial charge in [0, 0.05) is 13.1 Å². The van der Waals surface area contributed by atoms with Crippen LogP contribution in [0.1, 0.15) is 17.2 Å². The molecule has 144 valence electrons. The molecule has 0 fully saturated rings. The van der Waals surface area contributed by atoms with Crippen LogP contribution in [0.3, 0.4) is 0 Å². The standard InChI is InChI=1S/C22H19F3N2O/c23-22(24,25)28-18-12-10-16(11-13-18)14-27-15-20(17-6-2-1-3-7-17)26-19-8-4-5-9-21(19)27/h1-13,20,26H,14-15H2. The molecule has 1 heterocycles. The van der Waals surface area contributed by atoms with Crippen molar-refractivity contribution in [3.63, 3.8) is 0 Å². The van der Waals surface area contributed by atoms with Crippen molar-refractivity contribution in [1.82, 2.24) is 0 Å². The van der Waals surface area contributed by atoms with Crippen molar-refractivity contribution < 1.29 is 17.9 Å². The van der Waals surface area contributed by atoms with Crippen LogP contribution in [0, 0.1) is 0 Å². The molecular weight excluding hydrogens is 365 g/mol.